The highest BCUT2D eigenvalue weighted by Gasteiger charge is 2.28. The maximum Gasteiger partial charge on any atom is 0.319 e. The SMILES string of the molecule is CC(=O)c1ccc(-c2cc(C(N)=O)c(-c3ccc(C(C)=O)cc3)c(C(=O)NC(N)=O)c2-c2ccc(C(C)=O)cc2)cc1. The lowest BCUT2D eigenvalue weighted by Gasteiger charge is -2.22. The minimum atomic E-state index is -1.12. The number of ketones is 3. The maximum atomic E-state index is 13.8. The van der Waals surface area contributed by atoms with Crippen molar-refractivity contribution >= 4 is 35.2 Å². The first-order valence-electron chi connectivity index (χ1n) is 12.8. The van der Waals surface area contributed by atoms with E-state index in [2.05, 4.69) is 5.32 Å². The molecule has 0 aliphatic heterocycles. The molecule has 0 radical (unpaired) electrons. The van der Waals surface area contributed by atoms with Gasteiger partial charge in [-0.25, -0.2) is 4.79 Å². The molecular weight excluding hydrogens is 534 g/mol. The first kappa shape index (κ1) is 29.3. The van der Waals surface area contributed by atoms with Gasteiger partial charge in [-0.05, 0) is 49.1 Å². The van der Waals surface area contributed by atoms with Gasteiger partial charge in [0.15, 0.2) is 17.3 Å². The second kappa shape index (κ2) is 11.8. The van der Waals surface area contributed by atoms with Gasteiger partial charge in [0.1, 0.15) is 0 Å². The monoisotopic (exact) mass is 561 g/mol. The van der Waals surface area contributed by atoms with E-state index in [0.29, 0.717) is 44.5 Å². The number of amides is 4. The lowest BCUT2D eigenvalue weighted by Crippen LogP contribution is -2.36. The molecule has 9 nitrogen and oxygen atoms in total. The number of benzene rings is 4. The number of Topliss-reactive ketones (excluding diaryl/α,β-unsaturated/α-hetero) is 3. The van der Waals surface area contributed by atoms with Crippen LogP contribution >= 0.6 is 0 Å². The van der Waals surface area contributed by atoms with E-state index in [1.54, 1.807) is 72.8 Å². The molecule has 0 saturated heterocycles. The van der Waals surface area contributed by atoms with Crippen LogP contribution in [0.5, 0.6) is 0 Å². The Morgan fingerprint density at radius 1 is 0.548 bits per heavy atom. The quantitative estimate of drug-likeness (QED) is 0.250. The molecule has 0 fully saturated rings. The van der Waals surface area contributed by atoms with E-state index in [-0.39, 0.29) is 34.0 Å². The van der Waals surface area contributed by atoms with Crippen molar-refractivity contribution in [1.29, 1.82) is 0 Å². The Balaban J connectivity index is 2.18. The first-order valence-corrected chi connectivity index (χ1v) is 12.8. The number of hydrogen-bond donors (Lipinski definition) is 3. The van der Waals surface area contributed by atoms with Crippen molar-refractivity contribution in [3.8, 4) is 33.4 Å². The number of primary amides is 2. The zero-order valence-electron chi connectivity index (χ0n) is 23.1. The fraction of sp³-hybridized carbons (Fsp3) is 0.0909. The van der Waals surface area contributed by atoms with Gasteiger partial charge in [0, 0.05) is 33.4 Å². The van der Waals surface area contributed by atoms with Gasteiger partial charge in [0.05, 0.1) is 5.56 Å². The molecule has 4 amide bonds. The average Bonchev–Trinajstić information content (AvgIpc) is 2.95. The van der Waals surface area contributed by atoms with Crippen LogP contribution in [0.3, 0.4) is 0 Å². The molecule has 210 valence electrons. The minimum Gasteiger partial charge on any atom is -0.366 e. The van der Waals surface area contributed by atoms with E-state index in [0.717, 1.165) is 0 Å². The zero-order valence-corrected chi connectivity index (χ0v) is 23.1. The van der Waals surface area contributed by atoms with Gasteiger partial charge in [-0.15, -0.1) is 0 Å². The Kier molecular flexibility index (Phi) is 8.24. The van der Waals surface area contributed by atoms with Crippen LogP contribution in [0.15, 0.2) is 78.9 Å². The topological polar surface area (TPSA) is 166 Å². The van der Waals surface area contributed by atoms with Crippen molar-refractivity contribution in [2.24, 2.45) is 11.5 Å². The normalized spacial score (nSPS) is 10.5. The van der Waals surface area contributed by atoms with Crippen LogP contribution in [0.2, 0.25) is 0 Å². The van der Waals surface area contributed by atoms with Gasteiger partial charge in [0.25, 0.3) is 5.91 Å². The molecule has 9 heteroatoms. The molecule has 0 aliphatic rings. The number of imide groups is 1. The summed E-state index contributed by atoms with van der Waals surface area (Å²) in [5.41, 5.74) is 14.6. The number of carbonyl (C=O) groups excluding carboxylic acids is 6. The van der Waals surface area contributed by atoms with Crippen molar-refractivity contribution in [3.05, 3.63) is 107 Å². The van der Waals surface area contributed by atoms with E-state index in [1.165, 1.54) is 26.8 Å². The van der Waals surface area contributed by atoms with Crippen LogP contribution < -0.4 is 16.8 Å². The number of carbonyl (C=O) groups is 6. The smallest absolute Gasteiger partial charge is 0.319 e. The molecule has 0 unspecified atom stereocenters. The number of rotatable bonds is 8. The molecule has 4 rings (SSSR count). The number of hydrogen-bond acceptors (Lipinski definition) is 6. The summed E-state index contributed by atoms with van der Waals surface area (Å²) < 4.78 is 0. The molecule has 4 aromatic rings. The Labute approximate surface area is 241 Å². The van der Waals surface area contributed by atoms with Crippen LogP contribution in [0, 0.1) is 0 Å². The molecular formula is C33H27N3O6. The Hall–Kier alpha value is -5.70. The van der Waals surface area contributed by atoms with Crippen molar-refractivity contribution in [3.63, 3.8) is 0 Å². The van der Waals surface area contributed by atoms with E-state index < -0.39 is 17.8 Å². The molecule has 0 bridgehead atoms. The van der Waals surface area contributed by atoms with Crippen LogP contribution in [-0.2, 0) is 0 Å². The fourth-order valence-corrected chi connectivity index (χ4v) is 4.73. The molecule has 4 aromatic carbocycles. The van der Waals surface area contributed by atoms with E-state index in [4.69, 9.17) is 11.5 Å². The largest absolute Gasteiger partial charge is 0.366 e. The van der Waals surface area contributed by atoms with Crippen molar-refractivity contribution in [2.75, 3.05) is 0 Å². The van der Waals surface area contributed by atoms with Gasteiger partial charge in [-0.2, -0.15) is 0 Å². The van der Waals surface area contributed by atoms with Crippen molar-refractivity contribution < 1.29 is 28.8 Å². The molecule has 0 aliphatic carbocycles. The summed E-state index contributed by atoms with van der Waals surface area (Å²) in [5, 5.41) is 2.10. The molecule has 5 N–H and O–H groups in total. The number of urea groups is 1. The average molecular weight is 562 g/mol. The van der Waals surface area contributed by atoms with Gasteiger partial charge in [0.2, 0.25) is 5.91 Å². The second-order valence-electron chi connectivity index (χ2n) is 9.68. The highest BCUT2D eigenvalue weighted by Crippen LogP contribution is 2.42. The standard InChI is InChI=1S/C33H27N3O6/c1-17(37)20-4-10-23(11-5-20)26-16-27(31(34)40)29(25-14-8-22(9-15-25)19(3)39)30(32(41)36-33(35)42)28(26)24-12-6-21(7-13-24)18(2)38/h4-16H,1-3H3,(H2,34,40)(H3,35,36,41,42). The lowest BCUT2D eigenvalue weighted by atomic mass is 9.81. The van der Waals surface area contributed by atoms with Gasteiger partial charge >= 0.3 is 6.03 Å². The van der Waals surface area contributed by atoms with Gasteiger partial charge in [-0.3, -0.25) is 29.3 Å². The zero-order chi connectivity index (χ0) is 30.7. The summed E-state index contributed by atoms with van der Waals surface area (Å²) in [6.07, 6.45) is 0. The molecule has 0 atom stereocenters. The summed E-state index contributed by atoms with van der Waals surface area (Å²) in [6, 6.07) is 19.7. The highest BCUT2D eigenvalue weighted by atomic mass is 16.2. The predicted octanol–water partition coefficient (Wildman–Crippen LogP) is 5.20. The number of nitrogens with two attached hydrogens (primary N) is 2. The maximum absolute atomic E-state index is 13.8. The van der Waals surface area contributed by atoms with Crippen LogP contribution in [-0.4, -0.2) is 35.2 Å². The first-order chi connectivity index (χ1) is 19.9. The Morgan fingerprint density at radius 2 is 0.929 bits per heavy atom. The number of nitrogens with one attached hydrogen (secondary N) is 1. The summed E-state index contributed by atoms with van der Waals surface area (Å²) >= 11 is 0. The molecule has 0 spiro atoms. The van der Waals surface area contributed by atoms with Gasteiger partial charge in [-0.1, -0.05) is 72.8 Å². The third-order valence-electron chi connectivity index (χ3n) is 6.82. The molecule has 0 saturated carbocycles. The Bertz CT molecular complexity index is 1770. The van der Waals surface area contributed by atoms with Gasteiger partial charge < -0.3 is 11.5 Å². The lowest BCUT2D eigenvalue weighted by molar-refractivity contribution is 0.0963. The molecule has 0 aromatic heterocycles. The van der Waals surface area contributed by atoms with E-state index in [9.17, 15) is 28.8 Å². The van der Waals surface area contributed by atoms with Crippen LogP contribution in [0.25, 0.3) is 33.4 Å². The van der Waals surface area contributed by atoms with Crippen molar-refractivity contribution in [1.82, 2.24) is 5.32 Å². The second-order valence-corrected chi connectivity index (χ2v) is 9.68. The third-order valence-corrected chi connectivity index (χ3v) is 6.82. The molecule has 0 heterocycles. The van der Waals surface area contributed by atoms with E-state index in [1.807, 2.05) is 0 Å². The highest BCUT2D eigenvalue weighted by molar-refractivity contribution is 6.18. The summed E-state index contributed by atoms with van der Waals surface area (Å²) in [7, 11) is 0. The summed E-state index contributed by atoms with van der Waals surface area (Å²) in [5.74, 6) is -2.25. The minimum absolute atomic E-state index is 0.0325. The predicted molar refractivity (Wildman–Crippen MR) is 158 cm³/mol. The Morgan fingerprint density at radius 3 is 1.29 bits per heavy atom. The third kappa shape index (κ3) is 5.90. The van der Waals surface area contributed by atoms with E-state index >= 15 is 0 Å². The fourth-order valence-electron chi connectivity index (χ4n) is 4.73. The summed E-state index contributed by atoms with van der Waals surface area (Å²) in [6.45, 7) is 4.26. The molecule has 42 heavy (non-hydrogen) atoms. The van der Waals surface area contributed by atoms with Crippen molar-refractivity contribution in [2.45, 2.75) is 20.8 Å². The van der Waals surface area contributed by atoms with Crippen LogP contribution in [0.4, 0.5) is 4.79 Å². The summed E-state index contributed by atoms with van der Waals surface area (Å²) in [4.78, 5) is 74.4. The van der Waals surface area contributed by atoms with Crippen LogP contribution in [0.1, 0.15) is 72.6 Å².